The number of nitrogens with one attached hydrogen (secondary N) is 4. The van der Waals surface area contributed by atoms with Crippen molar-refractivity contribution < 1.29 is 14.3 Å². The van der Waals surface area contributed by atoms with Crippen LogP contribution >= 0.6 is 0 Å². The van der Waals surface area contributed by atoms with Crippen LogP contribution < -0.4 is 21.3 Å². The van der Waals surface area contributed by atoms with Crippen molar-refractivity contribution >= 4 is 12.0 Å². The zero-order valence-electron chi connectivity index (χ0n) is 17.9. The number of amides is 2. The molecule has 27 heavy (non-hydrogen) atoms. The van der Waals surface area contributed by atoms with Crippen LogP contribution in [0.5, 0.6) is 0 Å². The van der Waals surface area contributed by atoms with Crippen molar-refractivity contribution in [3.8, 4) is 0 Å². The molecule has 0 spiro atoms. The summed E-state index contributed by atoms with van der Waals surface area (Å²) < 4.78 is 5.13. The fourth-order valence-corrected chi connectivity index (χ4v) is 2.33. The highest BCUT2D eigenvalue weighted by Gasteiger charge is 2.15. The van der Waals surface area contributed by atoms with Crippen molar-refractivity contribution in [3.63, 3.8) is 0 Å². The molecule has 160 valence electrons. The van der Waals surface area contributed by atoms with E-state index in [1.807, 2.05) is 20.8 Å². The Hall–Kier alpha value is -1.34. The average Bonchev–Trinajstić information content (AvgIpc) is 2.58. The summed E-state index contributed by atoms with van der Waals surface area (Å²) in [5, 5.41) is 12.4. The van der Waals surface area contributed by atoms with Gasteiger partial charge in [-0.1, -0.05) is 13.3 Å². The van der Waals surface area contributed by atoms with Crippen LogP contribution in [0.1, 0.15) is 72.6 Å². The smallest absolute Gasteiger partial charge is 0.407 e. The molecule has 0 aromatic heterocycles. The van der Waals surface area contributed by atoms with Crippen molar-refractivity contribution in [3.05, 3.63) is 0 Å². The molecule has 7 nitrogen and oxygen atoms in total. The maximum atomic E-state index is 11.7. The molecule has 0 bridgehead atoms. The number of carbonyl (C=O) groups excluding carboxylic acids is 2. The van der Waals surface area contributed by atoms with E-state index >= 15 is 0 Å². The van der Waals surface area contributed by atoms with Gasteiger partial charge in [0, 0.05) is 19.5 Å². The van der Waals surface area contributed by atoms with E-state index < -0.39 is 11.7 Å². The summed E-state index contributed by atoms with van der Waals surface area (Å²) in [5.74, 6) is 0.0270. The van der Waals surface area contributed by atoms with Crippen molar-refractivity contribution in [2.24, 2.45) is 0 Å². The number of carbonyl (C=O) groups is 2. The van der Waals surface area contributed by atoms with Gasteiger partial charge in [-0.25, -0.2) is 4.79 Å². The summed E-state index contributed by atoms with van der Waals surface area (Å²) in [6.45, 7) is 13.0. The Balaban J connectivity index is 3.32. The van der Waals surface area contributed by atoms with Crippen LogP contribution in [-0.2, 0) is 9.53 Å². The minimum Gasteiger partial charge on any atom is -0.444 e. The summed E-state index contributed by atoms with van der Waals surface area (Å²) >= 11 is 0. The molecule has 0 aromatic carbocycles. The maximum Gasteiger partial charge on any atom is 0.407 e. The molecule has 2 amide bonds. The molecule has 0 unspecified atom stereocenters. The third-order valence-electron chi connectivity index (χ3n) is 3.77. The molecule has 0 fully saturated rings. The van der Waals surface area contributed by atoms with Crippen LogP contribution in [0, 0.1) is 0 Å². The third kappa shape index (κ3) is 20.8. The third-order valence-corrected chi connectivity index (χ3v) is 3.77. The van der Waals surface area contributed by atoms with E-state index in [9.17, 15) is 9.59 Å². The van der Waals surface area contributed by atoms with Gasteiger partial charge in [0.15, 0.2) is 0 Å². The van der Waals surface area contributed by atoms with Crippen LogP contribution in [-0.4, -0.2) is 56.9 Å². The summed E-state index contributed by atoms with van der Waals surface area (Å²) in [5.41, 5.74) is -0.499. The molecule has 0 saturated heterocycles. The predicted octanol–water partition coefficient (Wildman–Crippen LogP) is 2.56. The highest BCUT2D eigenvalue weighted by atomic mass is 16.6. The van der Waals surface area contributed by atoms with E-state index in [0.717, 1.165) is 32.6 Å². The van der Waals surface area contributed by atoms with E-state index in [2.05, 4.69) is 28.2 Å². The maximum absolute atomic E-state index is 11.7. The molecule has 0 atom stereocenters. The number of hydrogen-bond donors (Lipinski definition) is 4. The fourth-order valence-electron chi connectivity index (χ4n) is 2.33. The van der Waals surface area contributed by atoms with Gasteiger partial charge in [0.05, 0.1) is 0 Å². The van der Waals surface area contributed by atoms with Gasteiger partial charge < -0.3 is 26.0 Å². The number of unbranched alkanes of at least 4 members (excludes halogenated alkanes) is 2. The minimum atomic E-state index is -0.499. The standard InChI is InChI=1S/C20H42N4O3/c1-5-6-12-21-13-7-8-14-22-15-10-17-23-18(25)11-9-16-24-19(26)27-20(2,3)4/h21-22H,5-17H2,1-4H3,(H,23,25)(H,24,26). The summed E-state index contributed by atoms with van der Waals surface area (Å²) in [6.07, 6.45) is 6.38. The molecular formula is C20H42N4O3. The number of alkyl carbamates (subject to hydrolysis) is 1. The zero-order chi connectivity index (χ0) is 20.4. The van der Waals surface area contributed by atoms with Crippen LogP contribution in [0.2, 0.25) is 0 Å². The lowest BCUT2D eigenvalue weighted by molar-refractivity contribution is -0.121. The van der Waals surface area contributed by atoms with Crippen LogP contribution in [0.4, 0.5) is 4.79 Å². The minimum absolute atomic E-state index is 0.0270. The highest BCUT2D eigenvalue weighted by molar-refractivity contribution is 5.75. The molecule has 0 aliphatic carbocycles. The molecule has 0 aliphatic rings. The Morgan fingerprint density at radius 3 is 1.89 bits per heavy atom. The normalized spacial score (nSPS) is 11.3. The second-order valence-electron chi connectivity index (χ2n) is 7.80. The second kappa shape index (κ2) is 16.8. The first-order valence-corrected chi connectivity index (χ1v) is 10.5. The first-order valence-electron chi connectivity index (χ1n) is 10.5. The van der Waals surface area contributed by atoms with Gasteiger partial charge in [-0.15, -0.1) is 0 Å². The number of hydrogen-bond acceptors (Lipinski definition) is 5. The van der Waals surface area contributed by atoms with Crippen molar-refractivity contribution in [2.45, 2.75) is 78.2 Å². The van der Waals surface area contributed by atoms with Crippen molar-refractivity contribution in [1.82, 2.24) is 21.3 Å². The van der Waals surface area contributed by atoms with Gasteiger partial charge >= 0.3 is 6.09 Å². The lowest BCUT2D eigenvalue weighted by atomic mass is 10.2. The fraction of sp³-hybridized carbons (Fsp3) is 0.900. The molecule has 7 heteroatoms. The molecule has 0 radical (unpaired) electrons. The molecule has 0 heterocycles. The molecular weight excluding hydrogens is 344 g/mol. The van der Waals surface area contributed by atoms with E-state index in [1.54, 1.807) is 0 Å². The molecule has 0 aliphatic heterocycles. The largest absolute Gasteiger partial charge is 0.444 e. The summed E-state index contributed by atoms with van der Waals surface area (Å²) in [7, 11) is 0. The second-order valence-corrected chi connectivity index (χ2v) is 7.80. The molecule has 0 rings (SSSR count). The van der Waals surface area contributed by atoms with Gasteiger partial charge in [0.1, 0.15) is 5.60 Å². The molecule has 4 N–H and O–H groups in total. The number of ether oxygens (including phenoxy) is 1. The Labute approximate surface area is 165 Å². The lowest BCUT2D eigenvalue weighted by Crippen LogP contribution is -2.33. The van der Waals surface area contributed by atoms with Gasteiger partial charge in [-0.3, -0.25) is 4.79 Å². The van der Waals surface area contributed by atoms with Gasteiger partial charge in [0.2, 0.25) is 5.91 Å². The SMILES string of the molecule is CCCCNCCCCNCCCNC(=O)CCCNC(=O)OC(C)(C)C. The van der Waals surface area contributed by atoms with Crippen LogP contribution in [0.25, 0.3) is 0 Å². The number of rotatable bonds is 16. The van der Waals surface area contributed by atoms with E-state index in [4.69, 9.17) is 4.74 Å². The van der Waals surface area contributed by atoms with E-state index in [-0.39, 0.29) is 5.91 Å². The first-order chi connectivity index (χ1) is 12.8. The quantitative estimate of drug-likeness (QED) is 0.306. The Kier molecular flexibility index (Phi) is 16.0. The van der Waals surface area contributed by atoms with Crippen molar-refractivity contribution in [2.75, 3.05) is 39.3 Å². The molecule has 0 aromatic rings. The predicted molar refractivity (Wildman–Crippen MR) is 111 cm³/mol. The topological polar surface area (TPSA) is 91.5 Å². The average molecular weight is 387 g/mol. The van der Waals surface area contributed by atoms with Crippen LogP contribution in [0.3, 0.4) is 0 Å². The lowest BCUT2D eigenvalue weighted by Gasteiger charge is -2.19. The monoisotopic (exact) mass is 386 g/mol. The van der Waals surface area contributed by atoms with Gasteiger partial charge in [-0.2, -0.15) is 0 Å². The van der Waals surface area contributed by atoms with Gasteiger partial charge in [-0.05, 0) is 79.1 Å². The Bertz CT molecular complexity index is 384. The Morgan fingerprint density at radius 2 is 1.30 bits per heavy atom. The zero-order valence-corrected chi connectivity index (χ0v) is 17.9. The summed E-state index contributed by atoms with van der Waals surface area (Å²) in [4.78, 5) is 23.2. The first kappa shape index (κ1) is 25.7. The van der Waals surface area contributed by atoms with Crippen molar-refractivity contribution in [1.29, 1.82) is 0 Å². The highest BCUT2D eigenvalue weighted by Crippen LogP contribution is 2.06. The van der Waals surface area contributed by atoms with E-state index in [1.165, 1.54) is 25.7 Å². The Morgan fingerprint density at radius 1 is 0.741 bits per heavy atom. The van der Waals surface area contributed by atoms with Crippen LogP contribution in [0.15, 0.2) is 0 Å². The molecule has 0 saturated carbocycles. The van der Waals surface area contributed by atoms with Gasteiger partial charge in [0.25, 0.3) is 0 Å². The van der Waals surface area contributed by atoms with E-state index in [0.29, 0.717) is 25.9 Å². The summed E-state index contributed by atoms with van der Waals surface area (Å²) in [6, 6.07) is 0.